The number of anilines is 1. The van der Waals surface area contributed by atoms with Gasteiger partial charge in [-0.1, -0.05) is 12.1 Å². The smallest absolute Gasteiger partial charge is 0.255 e. The molecule has 5 nitrogen and oxygen atoms in total. The molecular formula is C26H25N3O2S. The second-order valence-electron chi connectivity index (χ2n) is 8.24. The van der Waals surface area contributed by atoms with Crippen molar-refractivity contribution in [2.24, 2.45) is 0 Å². The number of amides is 1. The summed E-state index contributed by atoms with van der Waals surface area (Å²) in [5.74, 6) is 0.682. The Bertz CT molecular complexity index is 1240. The van der Waals surface area contributed by atoms with Crippen molar-refractivity contribution < 1.29 is 9.53 Å². The van der Waals surface area contributed by atoms with Crippen LogP contribution in [0.5, 0.6) is 5.75 Å². The summed E-state index contributed by atoms with van der Waals surface area (Å²) in [6, 6.07) is 17.4. The summed E-state index contributed by atoms with van der Waals surface area (Å²) < 4.78 is 6.34. The predicted octanol–water partition coefficient (Wildman–Crippen LogP) is 5.51. The van der Waals surface area contributed by atoms with Crippen LogP contribution >= 0.6 is 11.3 Å². The summed E-state index contributed by atoms with van der Waals surface area (Å²) in [5.41, 5.74) is 4.64. The standard InChI is InChI=1S/C26H25N3O2S/c1-18-4-6-22(28-26(30)21-5-7-24-20(13-21)3-2-10-27-24)14-25(18)31-23-8-11-29(16-23)15-19-9-12-32-17-19/h2-7,9-10,12-14,17,23H,8,11,15-16H2,1H3,(H,28,30). The molecule has 1 aliphatic rings. The van der Waals surface area contributed by atoms with Gasteiger partial charge in [-0.25, -0.2) is 0 Å². The van der Waals surface area contributed by atoms with Crippen LogP contribution in [0.4, 0.5) is 5.69 Å². The topological polar surface area (TPSA) is 54.5 Å². The van der Waals surface area contributed by atoms with Crippen LogP contribution in [-0.2, 0) is 6.54 Å². The van der Waals surface area contributed by atoms with Gasteiger partial charge < -0.3 is 10.1 Å². The lowest BCUT2D eigenvalue weighted by molar-refractivity contribution is 0.102. The Hall–Kier alpha value is -3.22. The average Bonchev–Trinajstić information content (AvgIpc) is 3.48. The molecular weight excluding hydrogens is 418 g/mol. The number of hydrogen-bond acceptors (Lipinski definition) is 5. The van der Waals surface area contributed by atoms with Gasteiger partial charge in [0.2, 0.25) is 0 Å². The normalized spacial score (nSPS) is 16.3. The first kappa shape index (κ1) is 20.7. The van der Waals surface area contributed by atoms with E-state index in [2.05, 4.69) is 32.0 Å². The molecule has 0 saturated carbocycles. The third kappa shape index (κ3) is 4.66. The Balaban J connectivity index is 1.24. The van der Waals surface area contributed by atoms with Gasteiger partial charge in [0, 0.05) is 48.5 Å². The Labute approximate surface area is 191 Å². The molecule has 0 bridgehead atoms. The van der Waals surface area contributed by atoms with Crippen LogP contribution in [0, 0.1) is 6.92 Å². The number of rotatable bonds is 6. The molecule has 1 saturated heterocycles. The fourth-order valence-electron chi connectivity index (χ4n) is 4.08. The van der Waals surface area contributed by atoms with Gasteiger partial charge >= 0.3 is 0 Å². The molecule has 1 unspecified atom stereocenters. The number of benzene rings is 2. The van der Waals surface area contributed by atoms with Crippen molar-refractivity contribution in [2.45, 2.75) is 26.0 Å². The summed E-state index contributed by atoms with van der Waals surface area (Å²) in [5, 5.41) is 8.28. The molecule has 1 atom stereocenters. The number of likely N-dealkylation sites (tertiary alicyclic amines) is 1. The van der Waals surface area contributed by atoms with Crippen LogP contribution in [0.3, 0.4) is 0 Å². The highest BCUT2D eigenvalue weighted by atomic mass is 32.1. The van der Waals surface area contributed by atoms with Gasteiger partial charge in [-0.3, -0.25) is 14.7 Å². The summed E-state index contributed by atoms with van der Waals surface area (Å²) >= 11 is 1.74. The fraction of sp³-hybridized carbons (Fsp3) is 0.231. The molecule has 6 heteroatoms. The molecule has 1 aliphatic heterocycles. The van der Waals surface area contributed by atoms with Crippen molar-refractivity contribution in [1.82, 2.24) is 9.88 Å². The minimum atomic E-state index is -0.145. The zero-order valence-corrected chi connectivity index (χ0v) is 18.8. The number of fused-ring (bicyclic) bond motifs is 1. The lowest BCUT2D eigenvalue weighted by Gasteiger charge is -2.18. The first-order valence-electron chi connectivity index (χ1n) is 10.8. The zero-order valence-electron chi connectivity index (χ0n) is 18.0. The number of carbonyl (C=O) groups excluding carboxylic acids is 1. The highest BCUT2D eigenvalue weighted by molar-refractivity contribution is 7.07. The van der Waals surface area contributed by atoms with Crippen LogP contribution in [-0.4, -0.2) is 35.0 Å². The summed E-state index contributed by atoms with van der Waals surface area (Å²) in [4.78, 5) is 19.6. The predicted molar refractivity (Wildman–Crippen MR) is 130 cm³/mol. The van der Waals surface area contributed by atoms with E-state index >= 15 is 0 Å². The van der Waals surface area contributed by atoms with Gasteiger partial charge in [0.1, 0.15) is 11.9 Å². The maximum Gasteiger partial charge on any atom is 0.255 e. The van der Waals surface area contributed by atoms with Gasteiger partial charge in [0.05, 0.1) is 5.52 Å². The third-order valence-electron chi connectivity index (χ3n) is 5.82. The number of nitrogens with zero attached hydrogens (tertiary/aromatic N) is 2. The quantitative estimate of drug-likeness (QED) is 0.427. The molecule has 0 spiro atoms. The number of pyridine rings is 1. The van der Waals surface area contributed by atoms with Crippen LogP contribution in [0.2, 0.25) is 0 Å². The summed E-state index contributed by atoms with van der Waals surface area (Å²) in [6.45, 7) is 4.96. The number of aryl methyl sites for hydroxylation is 1. The van der Waals surface area contributed by atoms with Crippen LogP contribution in [0.1, 0.15) is 27.9 Å². The minimum absolute atomic E-state index is 0.145. The van der Waals surface area contributed by atoms with Crippen molar-refractivity contribution in [2.75, 3.05) is 18.4 Å². The fourth-order valence-corrected chi connectivity index (χ4v) is 4.74. The Morgan fingerprint density at radius 3 is 3.03 bits per heavy atom. The van der Waals surface area contributed by atoms with Gasteiger partial charge in [-0.2, -0.15) is 11.3 Å². The maximum atomic E-state index is 12.8. The number of aromatic nitrogens is 1. The van der Waals surface area contributed by atoms with E-state index in [1.54, 1.807) is 23.6 Å². The first-order valence-corrected chi connectivity index (χ1v) is 11.8. The molecule has 32 heavy (non-hydrogen) atoms. The van der Waals surface area contributed by atoms with E-state index < -0.39 is 0 Å². The van der Waals surface area contributed by atoms with Crippen LogP contribution < -0.4 is 10.1 Å². The molecule has 162 valence electrons. The average molecular weight is 444 g/mol. The minimum Gasteiger partial charge on any atom is -0.489 e. The summed E-state index contributed by atoms with van der Waals surface area (Å²) in [7, 11) is 0. The molecule has 2 aromatic heterocycles. The largest absolute Gasteiger partial charge is 0.489 e. The van der Waals surface area contributed by atoms with Gasteiger partial charge in [-0.05, 0) is 71.6 Å². The van der Waals surface area contributed by atoms with E-state index in [1.165, 1.54) is 5.56 Å². The van der Waals surface area contributed by atoms with E-state index in [-0.39, 0.29) is 12.0 Å². The zero-order chi connectivity index (χ0) is 21.9. The number of carbonyl (C=O) groups is 1. The second kappa shape index (κ2) is 9.10. The first-order chi connectivity index (χ1) is 15.6. The molecule has 3 heterocycles. The highest BCUT2D eigenvalue weighted by Gasteiger charge is 2.24. The summed E-state index contributed by atoms with van der Waals surface area (Å²) in [6.07, 6.45) is 2.92. The Kier molecular flexibility index (Phi) is 5.88. The van der Waals surface area contributed by atoms with E-state index in [9.17, 15) is 4.79 Å². The van der Waals surface area contributed by atoms with Gasteiger partial charge in [0.25, 0.3) is 5.91 Å². The number of hydrogen-bond donors (Lipinski definition) is 1. The van der Waals surface area contributed by atoms with E-state index in [0.29, 0.717) is 5.56 Å². The lowest BCUT2D eigenvalue weighted by atomic mass is 10.1. The number of thiophene rings is 1. The van der Waals surface area contributed by atoms with Crippen molar-refractivity contribution in [3.05, 3.63) is 88.2 Å². The third-order valence-corrected chi connectivity index (χ3v) is 6.55. The molecule has 0 radical (unpaired) electrons. The van der Waals surface area contributed by atoms with E-state index in [0.717, 1.165) is 54.0 Å². The Morgan fingerprint density at radius 1 is 1.22 bits per heavy atom. The van der Waals surface area contributed by atoms with Crippen molar-refractivity contribution in [3.8, 4) is 5.75 Å². The van der Waals surface area contributed by atoms with Crippen LogP contribution in [0.25, 0.3) is 10.9 Å². The SMILES string of the molecule is Cc1ccc(NC(=O)c2ccc3ncccc3c2)cc1OC1CCN(Cc2ccsc2)C1. The van der Waals surface area contributed by atoms with E-state index in [1.807, 2.05) is 49.4 Å². The molecule has 2 aromatic carbocycles. The number of nitrogens with one attached hydrogen (secondary N) is 1. The molecule has 4 aromatic rings. The monoisotopic (exact) mass is 443 g/mol. The molecule has 1 amide bonds. The Morgan fingerprint density at radius 2 is 2.16 bits per heavy atom. The number of ether oxygens (including phenoxy) is 1. The van der Waals surface area contributed by atoms with Crippen LogP contribution in [0.15, 0.2) is 71.6 Å². The van der Waals surface area contributed by atoms with Gasteiger partial charge in [-0.15, -0.1) is 0 Å². The van der Waals surface area contributed by atoms with Crippen molar-refractivity contribution in [1.29, 1.82) is 0 Å². The van der Waals surface area contributed by atoms with Crippen molar-refractivity contribution >= 4 is 33.8 Å². The maximum absolute atomic E-state index is 12.8. The lowest BCUT2D eigenvalue weighted by Crippen LogP contribution is -2.24. The van der Waals surface area contributed by atoms with Crippen molar-refractivity contribution in [3.63, 3.8) is 0 Å². The van der Waals surface area contributed by atoms with E-state index in [4.69, 9.17) is 4.74 Å². The molecule has 1 N–H and O–H groups in total. The highest BCUT2D eigenvalue weighted by Crippen LogP contribution is 2.27. The second-order valence-corrected chi connectivity index (χ2v) is 9.02. The molecule has 0 aliphatic carbocycles. The van der Waals surface area contributed by atoms with Gasteiger partial charge in [0.15, 0.2) is 0 Å². The molecule has 1 fully saturated rings. The molecule has 5 rings (SSSR count).